The van der Waals surface area contributed by atoms with Gasteiger partial charge in [-0.05, 0) is 49.2 Å². The number of hydrogen-bond donors (Lipinski definition) is 2. The van der Waals surface area contributed by atoms with Crippen molar-refractivity contribution in [3.8, 4) is 0 Å². The molecule has 2 aromatic rings. The van der Waals surface area contributed by atoms with Crippen molar-refractivity contribution >= 4 is 29.9 Å². The Morgan fingerprint density at radius 1 is 1.07 bits per heavy atom. The lowest BCUT2D eigenvalue weighted by Crippen LogP contribution is -2.38. The molecule has 28 heavy (non-hydrogen) atoms. The van der Waals surface area contributed by atoms with Crippen molar-refractivity contribution < 1.29 is 17.9 Å². The van der Waals surface area contributed by atoms with Gasteiger partial charge in [0, 0.05) is 19.2 Å². The van der Waals surface area contributed by atoms with Crippen molar-refractivity contribution in [3.05, 3.63) is 70.5 Å². The summed E-state index contributed by atoms with van der Waals surface area (Å²) < 4.78 is 45.2. The number of benzene rings is 2. The maximum Gasteiger partial charge on any atom is 0.192 e. The van der Waals surface area contributed by atoms with Crippen LogP contribution < -0.4 is 10.6 Å². The largest absolute Gasteiger partial charge is 0.380 e. The van der Waals surface area contributed by atoms with E-state index in [9.17, 15) is 13.2 Å². The molecule has 2 N–H and O–H groups in total. The first-order valence-electron chi connectivity index (χ1n) is 8.70. The number of hydrogen-bond acceptors (Lipinski definition) is 2. The van der Waals surface area contributed by atoms with E-state index in [-0.39, 0.29) is 42.4 Å². The van der Waals surface area contributed by atoms with E-state index in [2.05, 4.69) is 15.6 Å². The van der Waals surface area contributed by atoms with Gasteiger partial charge in [-0.3, -0.25) is 0 Å². The second-order valence-electron chi connectivity index (χ2n) is 6.09. The van der Waals surface area contributed by atoms with E-state index < -0.39 is 11.6 Å². The van der Waals surface area contributed by atoms with Gasteiger partial charge in [-0.1, -0.05) is 12.1 Å². The van der Waals surface area contributed by atoms with Crippen molar-refractivity contribution in [2.45, 2.75) is 33.0 Å². The highest BCUT2D eigenvalue weighted by Crippen LogP contribution is 2.16. The molecule has 1 atom stereocenters. The Hall–Kier alpha value is -1.81. The van der Waals surface area contributed by atoms with Crippen molar-refractivity contribution in [3.63, 3.8) is 0 Å². The number of rotatable bonds is 7. The fourth-order valence-corrected chi connectivity index (χ4v) is 2.55. The van der Waals surface area contributed by atoms with Gasteiger partial charge in [0.25, 0.3) is 0 Å². The topological polar surface area (TPSA) is 45.7 Å². The molecule has 2 rings (SSSR count). The van der Waals surface area contributed by atoms with Gasteiger partial charge in [0.1, 0.15) is 5.82 Å². The number of aliphatic imine (C=N–C) groups is 1. The number of nitrogens with one attached hydrogen (secondary N) is 2. The third-order valence-electron chi connectivity index (χ3n) is 3.97. The van der Waals surface area contributed by atoms with Crippen LogP contribution in [0.15, 0.2) is 41.4 Å². The molecular formula is C20H25F3IN3O. The van der Waals surface area contributed by atoms with Crippen molar-refractivity contribution in [2.75, 3.05) is 13.7 Å². The molecule has 0 heterocycles. The van der Waals surface area contributed by atoms with Crippen molar-refractivity contribution in [1.29, 1.82) is 0 Å². The second kappa shape index (κ2) is 11.9. The monoisotopic (exact) mass is 507 g/mol. The van der Waals surface area contributed by atoms with E-state index in [4.69, 9.17) is 4.74 Å². The number of methoxy groups -OCH3 is 1. The van der Waals surface area contributed by atoms with Crippen LogP contribution in [0.4, 0.5) is 13.2 Å². The molecule has 4 nitrogen and oxygen atoms in total. The van der Waals surface area contributed by atoms with Crippen molar-refractivity contribution in [1.82, 2.24) is 10.6 Å². The Morgan fingerprint density at radius 2 is 1.79 bits per heavy atom. The highest BCUT2D eigenvalue weighted by atomic mass is 127. The highest BCUT2D eigenvalue weighted by Gasteiger charge is 2.11. The zero-order valence-electron chi connectivity index (χ0n) is 16.1. The minimum Gasteiger partial charge on any atom is -0.380 e. The number of ether oxygens (including phenoxy) is 1. The predicted molar refractivity (Wildman–Crippen MR) is 115 cm³/mol. The van der Waals surface area contributed by atoms with Crippen molar-refractivity contribution in [2.24, 2.45) is 4.99 Å². The standard InChI is InChI=1S/C20H24F3N3O.HI/c1-4-24-20(26-13(2)15-6-8-18(22)19(23)10-15)25-11-14-5-7-17(21)16(9-14)12-27-3;/h5-10,13H,4,11-12H2,1-3H3,(H2,24,25,26);1H. The van der Waals surface area contributed by atoms with Gasteiger partial charge in [-0.15, -0.1) is 24.0 Å². The maximum absolute atomic E-state index is 13.7. The van der Waals surface area contributed by atoms with Gasteiger partial charge in [0.05, 0.1) is 19.2 Å². The fourth-order valence-electron chi connectivity index (χ4n) is 2.55. The third kappa shape index (κ3) is 6.97. The molecule has 0 saturated carbocycles. The molecule has 0 fully saturated rings. The third-order valence-corrected chi connectivity index (χ3v) is 3.97. The maximum atomic E-state index is 13.7. The molecule has 0 radical (unpaired) electrons. The van der Waals surface area contributed by atoms with Crippen LogP contribution in [0.2, 0.25) is 0 Å². The molecule has 1 unspecified atom stereocenters. The van der Waals surface area contributed by atoms with Crippen LogP contribution in [0.5, 0.6) is 0 Å². The van der Waals surface area contributed by atoms with Gasteiger partial charge < -0.3 is 15.4 Å². The number of nitrogens with zero attached hydrogens (tertiary/aromatic N) is 1. The van der Waals surface area contributed by atoms with Crippen LogP contribution in [0.3, 0.4) is 0 Å². The molecular weight excluding hydrogens is 482 g/mol. The Kier molecular flexibility index (Phi) is 10.3. The first kappa shape index (κ1) is 24.2. The molecule has 0 aliphatic heterocycles. The number of guanidine groups is 1. The SMILES string of the molecule is CCNC(=NCc1ccc(F)c(COC)c1)NC(C)c1ccc(F)c(F)c1.I. The zero-order chi connectivity index (χ0) is 19.8. The summed E-state index contributed by atoms with van der Waals surface area (Å²) in [6.45, 7) is 4.91. The summed E-state index contributed by atoms with van der Waals surface area (Å²) in [6, 6.07) is 8.27. The summed E-state index contributed by atoms with van der Waals surface area (Å²) in [5, 5.41) is 6.26. The van der Waals surface area contributed by atoms with Crippen LogP contribution >= 0.6 is 24.0 Å². The van der Waals surface area contributed by atoms with E-state index >= 15 is 0 Å². The molecule has 0 bridgehead atoms. The van der Waals surface area contributed by atoms with E-state index in [0.717, 1.165) is 17.7 Å². The van der Waals surface area contributed by atoms with Crippen LogP contribution in [-0.4, -0.2) is 19.6 Å². The first-order chi connectivity index (χ1) is 12.9. The molecule has 8 heteroatoms. The van der Waals surface area contributed by atoms with E-state index in [1.54, 1.807) is 12.1 Å². The lowest BCUT2D eigenvalue weighted by Gasteiger charge is -2.18. The molecule has 0 amide bonds. The van der Waals surface area contributed by atoms with Gasteiger partial charge in [0.2, 0.25) is 0 Å². The van der Waals surface area contributed by atoms with E-state index in [1.165, 1.54) is 19.2 Å². The van der Waals surface area contributed by atoms with Crippen LogP contribution in [0.1, 0.15) is 36.6 Å². The van der Waals surface area contributed by atoms with Gasteiger partial charge in [-0.25, -0.2) is 18.2 Å². The highest BCUT2D eigenvalue weighted by molar-refractivity contribution is 14.0. The summed E-state index contributed by atoms with van der Waals surface area (Å²) in [4.78, 5) is 4.48. The van der Waals surface area contributed by atoms with Crippen LogP contribution in [0, 0.1) is 17.5 Å². The molecule has 0 aromatic heterocycles. The minimum absolute atomic E-state index is 0. The molecule has 0 aliphatic rings. The van der Waals surface area contributed by atoms with Gasteiger partial charge in [0.15, 0.2) is 17.6 Å². The number of halogens is 4. The second-order valence-corrected chi connectivity index (χ2v) is 6.09. The Morgan fingerprint density at radius 3 is 2.43 bits per heavy atom. The van der Waals surface area contributed by atoms with E-state index in [1.807, 2.05) is 13.8 Å². The Labute approximate surface area is 180 Å². The summed E-state index contributed by atoms with van der Waals surface area (Å²) in [6.07, 6.45) is 0. The average molecular weight is 507 g/mol. The smallest absolute Gasteiger partial charge is 0.192 e. The minimum atomic E-state index is -0.889. The predicted octanol–water partition coefficient (Wildman–Crippen LogP) is 4.68. The summed E-state index contributed by atoms with van der Waals surface area (Å²) >= 11 is 0. The lowest BCUT2D eigenvalue weighted by atomic mass is 10.1. The summed E-state index contributed by atoms with van der Waals surface area (Å²) in [7, 11) is 1.51. The Balaban J connectivity index is 0.00000392. The quantitative estimate of drug-likeness (QED) is 0.325. The Bertz CT molecular complexity index is 802. The fraction of sp³-hybridized carbons (Fsp3) is 0.350. The first-order valence-corrected chi connectivity index (χ1v) is 8.70. The molecule has 0 aliphatic carbocycles. The summed E-state index contributed by atoms with van der Waals surface area (Å²) in [5.74, 6) is -1.57. The van der Waals surface area contributed by atoms with Gasteiger partial charge >= 0.3 is 0 Å². The molecule has 2 aromatic carbocycles. The summed E-state index contributed by atoms with van der Waals surface area (Å²) in [5.41, 5.74) is 1.91. The zero-order valence-corrected chi connectivity index (χ0v) is 18.4. The lowest BCUT2D eigenvalue weighted by molar-refractivity contribution is 0.181. The average Bonchev–Trinajstić information content (AvgIpc) is 2.64. The normalized spacial score (nSPS) is 12.3. The molecule has 154 valence electrons. The van der Waals surface area contributed by atoms with Crippen LogP contribution in [0.25, 0.3) is 0 Å². The van der Waals surface area contributed by atoms with Gasteiger partial charge in [-0.2, -0.15) is 0 Å². The molecule has 0 saturated heterocycles. The van der Waals surface area contributed by atoms with Crippen LogP contribution in [-0.2, 0) is 17.9 Å². The molecule has 0 spiro atoms. The van der Waals surface area contributed by atoms with E-state index in [0.29, 0.717) is 30.2 Å².